The predicted molar refractivity (Wildman–Crippen MR) is 45.0 cm³/mol. The number of methoxy groups -OCH3 is 1. The Balaban J connectivity index is 2.54. The van der Waals surface area contributed by atoms with Crippen LogP contribution in [0.5, 0.6) is 11.5 Å². The molecule has 0 heterocycles. The van der Waals surface area contributed by atoms with Gasteiger partial charge >= 0.3 is 0 Å². The van der Waals surface area contributed by atoms with Crippen molar-refractivity contribution in [3.8, 4) is 11.5 Å². The molecule has 4 heteroatoms. The number of ether oxygens (including phenoxy) is 2. The number of hydrogen-bond donors (Lipinski definition) is 0. The first kappa shape index (κ1) is 9.38. The van der Waals surface area contributed by atoms with Crippen LogP contribution in [0.25, 0.3) is 0 Å². The molecule has 1 aromatic rings. The Morgan fingerprint density at radius 2 is 1.69 bits per heavy atom. The molecule has 0 spiro atoms. The fraction of sp³-hybridized carbons (Fsp3) is 0.111. The van der Waals surface area contributed by atoms with Crippen molar-refractivity contribution in [2.24, 2.45) is 0 Å². The monoisotopic (exact) mass is 184 g/mol. The van der Waals surface area contributed by atoms with Gasteiger partial charge in [-0.15, -0.1) is 0 Å². The molecular weight excluding hydrogens is 175 g/mol. The molecule has 0 amide bonds. The molecule has 0 radical (unpaired) electrons. The number of benzene rings is 1. The molecule has 1 aromatic carbocycles. The van der Waals surface area contributed by atoms with Crippen molar-refractivity contribution in [1.82, 2.24) is 0 Å². The highest BCUT2D eigenvalue weighted by atomic mass is 19.3. The summed E-state index contributed by atoms with van der Waals surface area (Å²) < 4.78 is 21.3. The topological polar surface area (TPSA) is 27.7 Å². The highest BCUT2D eigenvalue weighted by Crippen LogP contribution is 2.17. The van der Waals surface area contributed by atoms with E-state index in [1.165, 1.54) is 31.8 Å². The summed E-state index contributed by atoms with van der Waals surface area (Å²) in [5.74, 6) is 0.720. The van der Waals surface area contributed by atoms with Crippen LogP contribution in [0.1, 0.15) is 0 Å². The molecule has 0 saturated carbocycles. The molecule has 3 nitrogen and oxygen atoms in total. The lowest BCUT2D eigenvalue weighted by Crippen LogP contribution is -1.82. The second kappa shape index (κ2) is 5.03. The maximum atomic E-state index is 11.6. The minimum atomic E-state index is 0.142. The molecule has 0 aliphatic carbocycles. The Labute approximate surface area is 75.2 Å². The quantitative estimate of drug-likeness (QED) is 0.672. The van der Waals surface area contributed by atoms with E-state index >= 15 is 0 Å². The van der Waals surface area contributed by atoms with Crippen LogP contribution in [0.3, 0.4) is 0 Å². The Hall–Kier alpha value is -1.71. The fourth-order valence-electron chi connectivity index (χ4n) is 0.732. The Kier molecular flexibility index (Phi) is 3.63. The van der Waals surface area contributed by atoms with Gasteiger partial charge in [-0.2, -0.15) is 0 Å². The molecule has 0 bridgehead atoms. The van der Waals surface area contributed by atoms with Crippen LogP contribution in [-0.2, 0) is 4.74 Å². The molecule has 0 aliphatic heterocycles. The van der Waals surface area contributed by atoms with E-state index in [0.29, 0.717) is 5.75 Å². The summed E-state index contributed by atoms with van der Waals surface area (Å²) in [6.07, 6.45) is 2.77. The first-order chi connectivity index (χ1) is 6.36. The first-order valence-corrected chi connectivity index (χ1v) is 3.60. The predicted octanol–water partition coefficient (Wildman–Crippen LogP) is 2.45. The summed E-state index contributed by atoms with van der Waals surface area (Å²) in [5.41, 5.74) is 0. The van der Waals surface area contributed by atoms with Crippen LogP contribution < -0.4 is 9.68 Å². The van der Waals surface area contributed by atoms with Crippen molar-refractivity contribution in [3.05, 3.63) is 36.8 Å². The van der Waals surface area contributed by atoms with E-state index in [4.69, 9.17) is 4.74 Å². The van der Waals surface area contributed by atoms with Crippen molar-refractivity contribution in [3.63, 3.8) is 0 Å². The van der Waals surface area contributed by atoms with Crippen molar-refractivity contribution in [1.29, 1.82) is 0 Å². The minimum Gasteiger partial charge on any atom is -0.501 e. The largest absolute Gasteiger partial charge is 0.501 e. The summed E-state index contributed by atoms with van der Waals surface area (Å²) in [6, 6.07) is 6.07. The van der Waals surface area contributed by atoms with E-state index in [9.17, 15) is 4.53 Å². The number of rotatable bonds is 4. The van der Waals surface area contributed by atoms with Crippen LogP contribution in [0.15, 0.2) is 36.8 Å². The average Bonchev–Trinajstić information content (AvgIpc) is 2.19. The standard InChI is InChI=1S/C9H9FO3/c1-11-6-7-12-8-2-4-9(13-10)5-3-8/h2-7H,1H3/b7-6-. The fourth-order valence-corrected chi connectivity index (χ4v) is 0.732. The van der Waals surface area contributed by atoms with Crippen molar-refractivity contribution in [2.45, 2.75) is 0 Å². The molecule has 13 heavy (non-hydrogen) atoms. The van der Waals surface area contributed by atoms with E-state index in [0.717, 1.165) is 0 Å². The third kappa shape index (κ3) is 3.02. The molecular formula is C9H9FO3. The Morgan fingerprint density at radius 1 is 1.08 bits per heavy atom. The van der Waals surface area contributed by atoms with Gasteiger partial charge in [-0.1, -0.05) is 0 Å². The summed E-state index contributed by atoms with van der Waals surface area (Å²) >= 11 is 0. The van der Waals surface area contributed by atoms with Gasteiger partial charge in [0.05, 0.1) is 7.11 Å². The zero-order chi connectivity index (χ0) is 9.52. The van der Waals surface area contributed by atoms with Crippen LogP contribution in [0, 0.1) is 0 Å². The van der Waals surface area contributed by atoms with Gasteiger partial charge in [0, 0.05) is 4.53 Å². The number of hydrogen-bond acceptors (Lipinski definition) is 3. The second-order valence-corrected chi connectivity index (χ2v) is 2.17. The zero-order valence-electron chi connectivity index (χ0n) is 7.07. The van der Waals surface area contributed by atoms with E-state index in [-0.39, 0.29) is 5.75 Å². The Bertz CT molecular complexity index is 269. The molecule has 0 N–H and O–H groups in total. The maximum Gasteiger partial charge on any atom is 0.172 e. The molecule has 0 aliphatic rings. The highest BCUT2D eigenvalue weighted by molar-refractivity contribution is 5.31. The van der Waals surface area contributed by atoms with Crippen molar-refractivity contribution < 1.29 is 18.9 Å². The molecule has 1 rings (SSSR count). The maximum absolute atomic E-state index is 11.6. The third-order valence-corrected chi connectivity index (χ3v) is 1.31. The lowest BCUT2D eigenvalue weighted by molar-refractivity contribution is -0.00624. The van der Waals surface area contributed by atoms with Gasteiger partial charge in [-0.3, -0.25) is 4.94 Å². The van der Waals surface area contributed by atoms with Crippen LogP contribution in [0.4, 0.5) is 4.53 Å². The molecule has 70 valence electrons. The highest BCUT2D eigenvalue weighted by Gasteiger charge is 1.93. The van der Waals surface area contributed by atoms with Gasteiger partial charge in [-0.25, -0.2) is 0 Å². The second-order valence-electron chi connectivity index (χ2n) is 2.17. The van der Waals surface area contributed by atoms with Crippen LogP contribution in [-0.4, -0.2) is 7.11 Å². The van der Waals surface area contributed by atoms with Gasteiger partial charge < -0.3 is 9.47 Å². The summed E-state index contributed by atoms with van der Waals surface area (Å²) in [4.78, 5) is 3.50. The van der Waals surface area contributed by atoms with E-state index < -0.39 is 0 Å². The Morgan fingerprint density at radius 3 is 2.23 bits per heavy atom. The molecule has 0 unspecified atom stereocenters. The molecule has 0 atom stereocenters. The SMILES string of the molecule is CO/C=C\Oc1ccc(OF)cc1. The lowest BCUT2D eigenvalue weighted by Gasteiger charge is -1.99. The third-order valence-electron chi connectivity index (χ3n) is 1.31. The zero-order valence-corrected chi connectivity index (χ0v) is 7.07. The molecule has 0 saturated heterocycles. The molecule has 0 fully saturated rings. The molecule has 0 aromatic heterocycles. The normalized spacial score (nSPS) is 10.0. The van der Waals surface area contributed by atoms with Crippen molar-refractivity contribution in [2.75, 3.05) is 7.11 Å². The lowest BCUT2D eigenvalue weighted by atomic mass is 10.3. The van der Waals surface area contributed by atoms with Crippen LogP contribution in [0.2, 0.25) is 0 Å². The summed E-state index contributed by atoms with van der Waals surface area (Å²) in [7, 11) is 1.51. The van der Waals surface area contributed by atoms with Crippen molar-refractivity contribution >= 4 is 0 Å². The van der Waals surface area contributed by atoms with Gasteiger partial charge in [-0.05, 0) is 24.3 Å². The minimum absolute atomic E-state index is 0.142. The average molecular weight is 184 g/mol. The van der Waals surface area contributed by atoms with Gasteiger partial charge in [0.1, 0.15) is 18.3 Å². The van der Waals surface area contributed by atoms with E-state index in [1.54, 1.807) is 12.1 Å². The van der Waals surface area contributed by atoms with Crippen LogP contribution >= 0.6 is 0 Å². The first-order valence-electron chi connectivity index (χ1n) is 3.60. The summed E-state index contributed by atoms with van der Waals surface area (Å²) in [5, 5.41) is 0. The summed E-state index contributed by atoms with van der Waals surface area (Å²) in [6.45, 7) is 0. The van der Waals surface area contributed by atoms with E-state index in [2.05, 4.69) is 9.68 Å². The number of halogens is 1. The van der Waals surface area contributed by atoms with E-state index in [1.807, 2.05) is 0 Å². The van der Waals surface area contributed by atoms with Gasteiger partial charge in [0.25, 0.3) is 0 Å². The van der Waals surface area contributed by atoms with Gasteiger partial charge in [0.2, 0.25) is 0 Å². The van der Waals surface area contributed by atoms with Gasteiger partial charge in [0.15, 0.2) is 5.75 Å². The smallest absolute Gasteiger partial charge is 0.172 e.